The number of nitrogens with one attached hydrogen (secondary N) is 2. The van der Waals surface area contributed by atoms with Gasteiger partial charge < -0.3 is 5.32 Å². The molecule has 1 unspecified atom stereocenters. The number of unbranched alkanes of at least 4 members (excludes halogenated alkanes) is 1. The van der Waals surface area contributed by atoms with Crippen molar-refractivity contribution in [1.29, 1.82) is 0 Å². The van der Waals surface area contributed by atoms with Crippen LogP contribution in [0.2, 0.25) is 5.02 Å². The van der Waals surface area contributed by atoms with Crippen LogP contribution in [0.4, 0.5) is 0 Å². The maximum Gasteiger partial charge on any atom is 0.270 e. The second-order valence-electron chi connectivity index (χ2n) is 8.69. The summed E-state index contributed by atoms with van der Waals surface area (Å²) in [5, 5.41) is 3.08. The first-order valence-electron chi connectivity index (χ1n) is 11.8. The van der Waals surface area contributed by atoms with Crippen molar-refractivity contribution in [3.8, 4) is 11.1 Å². The lowest BCUT2D eigenvalue weighted by atomic mass is 10.1. The molecule has 0 saturated heterocycles. The van der Waals surface area contributed by atoms with Gasteiger partial charge in [-0.2, -0.15) is 4.72 Å². The Morgan fingerprint density at radius 3 is 2.16 bits per heavy atom. The summed E-state index contributed by atoms with van der Waals surface area (Å²) in [6.45, 7) is 0. The van der Waals surface area contributed by atoms with Gasteiger partial charge in [-0.1, -0.05) is 48.0 Å². The number of amides is 2. The molecule has 0 radical (unpaired) electrons. The summed E-state index contributed by atoms with van der Waals surface area (Å²) in [7, 11) is -7.01. The topological polar surface area (TPSA) is 130 Å². The fraction of sp³-hybridized carbons (Fsp3) is 0.231. The lowest BCUT2D eigenvalue weighted by Crippen LogP contribution is -2.50. The van der Waals surface area contributed by atoms with Gasteiger partial charge in [0, 0.05) is 18.5 Å². The Kier molecular flexibility index (Phi) is 8.22. The van der Waals surface area contributed by atoms with E-state index in [1.54, 1.807) is 42.5 Å². The molecule has 2 N–H and O–H groups in total. The number of sulfonamides is 2. The Morgan fingerprint density at radius 1 is 0.947 bits per heavy atom. The van der Waals surface area contributed by atoms with Gasteiger partial charge in [0.15, 0.2) is 0 Å². The van der Waals surface area contributed by atoms with Crippen LogP contribution >= 0.6 is 11.6 Å². The second-order valence-corrected chi connectivity index (χ2v) is 12.6. The minimum absolute atomic E-state index is 0.0158. The Hall–Kier alpha value is -3.25. The SMILES string of the molecule is CNC(=O)CCCCC(NS(=O)(=O)c1ccc(-c2ccc(Cl)cc2)cc1)N1C(=O)c2ccccc2S1(=O)=O. The zero-order valence-electron chi connectivity index (χ0n) is 20.4. The molecule has 0 saturated carbocycles. The lowest BCUT2D eigenvalue weighted by Gasteiger charge is -2.27. The van der Waals surface area contributed by atoms with Crippen LogP contribution in [0.15, 0.2) is 82.6 Å². The quantitative estimate of drug-likeness (QED) is 0.354. The summed E-state index contributed by atoms with van der Waals surface area (Å²) in [6, 6.07) is 18.9. The number of carbonyl (C=O) groups is 2. The van der Waals surface area contributed by atoms with Crippen LogP contribution in [-0.2, 0) is 24.8 Å². The Balaban J connectivity index is 1.61. The molecule has 2 amide bonds. The summed E-state index contributed by atoms with van der Waals surface area (Å²) in [4.78, 5) is 24.4. The monoisotopic (exact) mass is 575 g/mol. The molecular formula is C26H26ClN3O6S2. The van der Waals surface area contributed by atoms with Crippen LogP contribution in [0.1, 0.15) is 36.0 Å². The van der Waals surface area contributed by atoms with Gasteiger partial charge in [-0.15, -0.1) is 0 Å². The molecular weight excluding hydrogens is 550 g/mol. The fourth-order valence-electron chi connectivity index (χ4n) is 4.20. The van der Waals surface area contributed by atoms with Gasteiger partial charge in [0.2, 0.25) is 15.9 Å². The van der Waals surface area contributed by atoms with Gasteiger partial charge in [-0.25, -0.2) is 21.1 Å². The van der Waals surface area contributed by atoms with E-state index in [4.69, 9.17) is 11.6 Å². The molecule has 1 heterocycles. The van der Waals surface area contributed by atoms with E-state index < -0.39 is 32.1 Å². The molecule has 4 rings (SSSR count). The van der Waals surface area contributed by atoms with Crippen molar-refractivity contribution < 1.29 is 26.4 Å². The molecule has 0 aromatic heterocycles. The van der Waals surface area contributed by atoms with E-state index in [-0.39, 0.29) is 34.1 Å². The number of carbonyl (C=O) groups excluding carboxylic acids is 2. The third-order valence-electron chi connectivity index (χ3n) is 6.18. The first kappa shape index (κ1) is 27.8. The predicted molar refractivity (Wildman–Crippen MR) is 143 cm³/mol. The van der Waals surface area contributed by atoms with E-state index in [0.717, 1.165) is 11.1 Å². The Bertz CT molecular complexity index is 1560. The van der Waals surface area contributed by atoms with E-state index in [2.05, 4.69) is 10.0 Å². The van der Waals surface area contributed by atoms with Gasteiger partial charge in [0.05, 0.1) is 10.5 Å². The van der Waals surface area contributed by atoms with Crippen LogP contribution in [0.25, 0.3) is 11.1 Å². The number of hydrogen-bond acceptors (Lipinski definition) is 6. The van der Waals surface area contributed by atoms with Gasteiger partial charge >= 0.3 is 0 Å². The number of halogens is 1. The lowest BCUT2D eigenvalue weighted by molar-refractivity contribution is -0.120. The highest BCUT2D eigenvalue weighted by atomic mass is 35.5. The summed E-state index contributed by atoms with van der Waals surface area (Å²) in [6.07, 6.45) is -0.541. The van der Waals surface area contributed by atoms with Crippen molar-refractivity contribution in [2.24, 2.45) is 0 Å². The van der Waals surface area contributed by atoms with E-state index in [0.29, 0.717) is 22.2 Å². The van der Waals surface area contributed by atoms with E-state index >= 15 is 0 Å². The minimum atomic E-state index is -4.29. The van der Waals surface area contributed by atoms with Gasteiger partial charge in [0.25, 0.3) is 15.9 Å². The molecule has 1 atom stereocenters. The average Bonchev–Trinajstić information content (AvgIpc) is 3.11. The van der Waals surface area contributed by atoms with Crippen LogP contribution in [-0.4, -0.2) is 46.2 Å². The van der Waals surface area contributed by atoms with E-state index in [1.807, 2.05) is 0 Å². The predicted octanol–water partition coefficient (Wildman–Crippen LogP) is 3.76. The van der Waals surface area contributed by atoms with Crippen molar-refractivity contribution in [2.45, 2.75) is 41.6 Å². The molecule has 0 aliphatic carbocycles. The van der Waals surface area contributed by atoms with E-state index in [9.17, 15) is 26.4 Å². The summed E-state index contributed by atoms with van der Waals surface area (Å²) >= 11 is 5.94. The van der Waals surface area contributed by atoms with E-state index in [1.165, 1.54) is 37.4 Å². The minimum Gasteiger partial charge on any atom is -0.359 e. The summed E-state index contributed by atoms with van der Waals surface area (Å²) in [5.41, 5.74) is 1.58. The maximum absolute atomic E-state index is 13.3. The molecule has 1 aliphatic rings. The molecule has 0 spiro atoms. The maximum atomic E-state index is 13.3. The zero-order valence-corrected chi connectivity index (χ0v) is 22.8. The van der Waals surface area contributed by atoms with Gasteiger partial charge in [-0.3, -0.25) is 9.59 Å². The number of nitrogens with zero attached hydrogens (tertiary/aromatic N) is 1. The smallest absolute Gasteiger partial charge is 0.270 e. The second kappa shape index (κ2) is 11.2. The largest absolute Gasteiger partial charge is 0.359 e. The first-order chi connectivity index (χ1) is 18.0. The molecule has 9 nitrogen and oxygen atoms in total. The molecule has 38 heavy (non-hydrogen) atoms. The number of benzene rings is 3. The van der Waals surface area contributed by atoms with Crippen molar-refractivity contribution in [3.63, 3.8) is 0 Å². The van der Waals surface area contributed by atoms with Crippen LogP contribution in [0.5, 0.6) is 0 Å². The van der Waals surface area contributed by atoms with Crippen LogP contribution in [0, 0.1) is 0 Å². The third-order valence-corrected chi connectivity index (χ3v) is 9.76. The van der Waals surface area contributed by atoms with Crippen LogP contribution in [0.3, 0.4) is 0 Å². The molecule has 12 heteroatoms. The van der Waals surface area contributed by atoms with Crippen molar-refractivity contribution in [1.82, 2.24) is 14.3 Å². The molecule has 0 fully saturated rings. The fourth-order valence-corrected chi connectivity index (χ4v) is 7.31. The molecule has 200 valence electrons. The third kappa shape index (κ3) is 5.75. The molecule has 3 aromatic rings. The van der Waals surface area contributed by atoms with Gasteiger partial charge in [0.1, 0.15) is 11.1 Å². The highest BCUT2D eigenvalue weighted by molar-refractivity contribution is 7.91. The molecule has 0 bridgehead atoms. The van der Waals surface area contributed by atoms with Crippen molar-refractivity contribution >= 4 is 43.5 Å². The summed E-state index contributed by atoms with van der Waals surface area (Å²) < 4.78 is 56.2. The molecule has 1 aliphatic heterocycles. The van der Waals surface area contributed by atoms with Crippen molar-refractivity contribution in [2.75, 3.05) is 7.05 Å². The summed E-state index contributed by atoms with van der Waals surface area (Å²) in [5.74, 6) is -1.00. The standard InChI is InChI=1S/C26H26ClN3O6S2/c1-28-25(31)9-5-4-8-24(30-26(32)22-6-2-3-7-23(22)38(30,35)36)29-37(33,34)21-16-12-19(13-17-21)18-10-14-20(27)15-11-18/h2-3,6-7,10-17,24,29H,4-5,8-9H2,1H3,(H,28,31). The Labute approximate surface area is 226 Å². The zero-order chi connectivity index (χ0) is 27.5. The van der Waals surface area contributed by atoms with Crippen LogP contribution < -0.4 is 10.0 Å². The highest BCUT2D eigenvalue weighted by Gasteiger charge is 2.45. The first-order valence-corrected chi connectivity index (χ1v) is 15.1. The number of rotatable bonds is 10. The van der Waals surface area contributed by atoms with Crippen molar-refractivity contribution in [3.05, 3.63) is 83.4 Å². The number of fused-ring (bicyclic) bond motifs is 1. The Morgan fingerprint density at radius 2 is 1.55 bits per heavy atom. The normalized spacial score (nSPS) is 15.2. The van der Waals surface area contributed by atoms with Gasteiger partial charge in [-0.05, 0) is 66.8 Å². The average molecular weight is 576 g/mol. The molecule has 3 aromatic carbocycles. The number of hydrogen-bond donors (Lipinski definition) is 2. The highest BCUT2D eigenvalue weighted by Crippen LogP contribution is 2.33.